The Balaban J connectivity index is 2.44. The van der Waals surface area contributed by atoms with Crippen LogP contribution in [0.3, 0.4) is 0 Å². The van der Waals surface area contributed by atoms with Gasteiger partial charge in [0.1, 0.15) is 6.79 Å². The van der Waals surface area contributed by atoms with Crippen LogP contribution in [0.25, 0.3) is 0 Å². The van der Waals surface area contributed by atoms with Crippen molar-refractivity contribution in [2.24, 2.45) is 17.8 Å². The average molecular weight is 188 g/mol. The van der Waals surface area contributed by atoms with E-state index in [4.69, 9.17) is 14.6 Å². The molecule has 1 aliphatic rings. The van der Waals surface area contributed by atoms with Crippen LogP contribution in [0.4, 0.5) is 0 Å². The van der Waals surface area contributed by atoms with Crippen molar-refractivity contribution >= 4 is 5.97 Å². The Morgan fingerprint density at radius 3 is 2.38 bits per heavy atom. The molecular weight excluding hydrogens is 172 g/mol. The highest BCUT2D eigenvalue weighted by Gasteiger charge is 2.29. The molecule has 76 valence electrons. The predicted molar refractivity (Wildman–Crippen MR) is 46.2 cm³/mol. The zero-order valence-electron chi connectivity index (χ0n) is 8.03. The molecule has 1 saturated heterocycles. The van der Waals surface area contributed by atoms with Gasteiger partial charge in [-0.2, -0.15) is 0 Å². The number of ether oxygens (including phenoxy) is 2. The quantitative estimate of drug-likeness (QED) is 0.716. The summed E-state index contributed by atoms with van der Waals surface area (Å²) in [5, 5.41) is 8.80. The predicted octanol–water partition coefficient (Wildman–Crippen LogP) is 0.964. The Morgan fingerprint density at radius 1 is 1.38 bits per heavy atom. The second-order valence-corrected chi connectivity index (χ2v) is 3.61. The summed E-state index contributed by atoms with van der Waals surface area (Å²) in [6.45, 7) is 5.21. The topological polar surface area (TPSA) is 55.8 Å². The van der Waals surface area contributed by atoms with Gasteiger partial charge in [-0.05, 0) is 5.92 Å². The summed E-state index contributed by atoms with van der Waals surface area (Å²) in [7, 11) is 0. The summed E-state index contributed by atoms with van der Waals surface area (Å²) >= 11 is 0. The number of rotatable bonds is 3. The normalized spacial score (nSPS) is 23.8. The molecule has 1 N–H and O–H groups in total. The first kappa shape index (κ1) is 10.5. The van der Waals surface area contributed by atoms with E-state index in [1.54, 1.807) is 6.92 Å². The van der Waals surface area contributed by atoms with Gasteiger partial charge in [0, 0.05) is 5.92 Å². The minimum absolute atomic E-state index is 0.0952. The summed E-state index contributed by atoms with van der Waals surface area (Å²) in [6.07, 6.45) is 0. The van der Waals surface area contributed by atoms with E-state index in [9.17, 15) is 4.79 Å². The first-order valence-corrected chi connectivity index (χ1v) is 4.51. The lowest BCUT2D eigenvalue weighted by atomic mass is 9.84. The Hall–Kier alpha value is -0.610. The van der Waals surface area contributed by atoms with Crippen molar-refractivity contribution in [2.45, 2.75) is 13.8 Å². The van der Waals surface area contributed by atoms with Crippen molar-refractivity contribution in [3.8, 4) is 0 Å². The maximum Gasteiger partial charge on any atom is 0.306 e. The van der Waals surface area contributed by atoms with Crippen LogP contribution in [0.2, 0.25) is 0 Å². The molecule has 1 heterocycles. The third-order valence-corrected chi connectivity index (χ3v) is 2.75. The molecular formula is C9H16O4. The zero-order chi connectivity index (χ0) is 9.84. The van der Waals surface area contributed by atoms with Gasteiger partial charge in [0.25, 0.3) is 0 Å². The lowest BCUT2D eigenvalue weighted by Gasteiger charge is -2.29. The van der Waals surface area contributed by atoms with Crippen molar-refractivity contribution in [3.63, 3.8) is 0 Å². The lowest BCUT2D eigenvalue weighted by molar-refractivity contribution is -0.154. The van der Waals surface area contributed by atoms with E-state index in [-0.39, 0.29) is 17.8 Å². The second-order valence-electron chi connectivity index (χ2n) is 3.61. The third-order valence-electron chi connectivity index (χ3n) is 2.75. The third kappa shape index (κ3) is 2.67. The van der Waals surface area contributed by atoms with Crippen LogP contribution in [0, 0.1) is 17.8 Å². The van der Waals surface area contributed by atoms with Gasteiger partial charge in [-0.1, -0.05) is 13.8 Å². The molecule has 0 aromatic rings. The Kier molecular flexibility index (Phi) is 3.69. The monoisotopic (exact) mass is 188 g/mol. The van der Waals surface area contributed by atoms with Crippen LogP contribution in [0.15, 0.2) is 0 Å². The molecule has 4 nitrogen and oxygen atoms in total. The van der Waals surface area contributed by atoms with Crippen molar-refractivity contribution in [3.05, 3.63) is 0 Å². The number of carbonyl (C=O) groups is 1. The van der Waals surface area contributed by atoms with E-state index in [0.29, 0.717) is 20.0 Å². The van der Waals surface area contributed by atoms with Crippen molar-refractivity contribution in [2.75, 3.05) is 20.0 Å². The van der Waals surface area contributed by atoms with Gasteiger partial charge in [0.15, 0.2) is 0 Å². The summed E-state index contributed by atoms with van der Waals surface area (Å²) in [6, 6.07) is 0. The van der Waals surface area contributed by atoms with Gasteiger partial charge in [0.2, 0.25) is 0 Å². The highest BCUT2D eigenvalue weighted by molar-refractivity contribution is 5.69. The molecule has 1 rings (SSSR count). The molecule has 1 fully saturated rings. The minimum Gasteiger partial charge on any atom is -0.481 e. The van der Waals surface area contributed by atoms with E-state index in [2.05, 4.69) is 0 Å². The number of carboxylic acid groups (broad SMARTS) is 1. The largest absolute Gasteiger partial charge is 0.481 e. The van der Waals surface area contributed by atoms with Crippen LogP contribution < -0.4 is 0 Å². The van der Waals surface area contributed by atoms with Crippen LogP contribution >= 0.6 is 0 Å². The highest BCUT2D eigenvalue weighted by atomic mass is 16.7. The maximum atomic E-state index is 10.7. The fourth-order valence-corrected chi connectivity index (χ4v) is 1.44. The van der Waals surface area contributed by atoms with Gasteiger partial charge < -0.3 is 14.6 Å². The molecule has 0 aliphatic carbocycles. The maximum absolute atomic E-state index is 10.7. The molecule has 0 amide bonds. The zero-order valence-corrected chi connectivity index (χ0v) is 8.03. The fourth-order valence-electron chi connectivity index (χ4n) is 1.44. The summed E-state index contributed by atoms with van der Waals surface area (Å²) in [4.78, 5) is 10.7. The standard InChI is InChI=1S/C9H16O4/c1-6(7(2)9(10)11)8-3-12-5-13-4-8/h6-8H,3-5H2,1-2H3,(H,10,11). The molecule has 1 aliphatic heterocycles. The number of aliphatic carboxylic acids is 1. The molecule has 0 bridgehead atoms. The molecule has 0 aromatic heterocycles. The van der Waals surface area contributed by atoms with E-state index >= 15 is 0 Å². The van der Waals surface area contributed by atoms with Crippen molar-refractivity contribution in [1.82, 2.24) is 0 Å². The van der Waals surface area contributed by atoms with Crippen molar-refractivity contribution < 1.29 is 19.4 Å². The average Bonchev–Trinajstić information content (AvgIpc) is 2.17. The lowest BCUT2D eigenvalue weighted by Crippen LogP contribution is -2.34. The van der Waals surface area contributed by atoms with E-state index in [1.165, 1.54) is 0 Å². The summed E-state index contributed by atoms with van der Waals surface area (Å²) in [5.74, 6) is -0.786. The molecule has 13 heavy (non-hydrogen) atoms. The van der Waals surface area contributed by atoms with Crippen LogP contribution in [0.5, 0.6) is 0 Å². The van der Waals surface area contributed by atoms with Gasteiger partial charge in [-0.25, -0.2) is 0 Å². The Bertz CT molecular complexity index is 174. The number of hydrogen-bond acceptors (Lipinski definition) is 3. The number of hydrogen-bond donors (Lipinski definition) is 1. The highest BCUT2D eigenvalue weighted by Crippen LogP contribution is 2.23. The van der Waals surface area contributed by atoms with Crippen LogP contribution in [-0.4, -0.2) is 31.1 Å². The molecule has 0 radical (unpaired) electrons. The number of carboxylic acids is 1. The minimum atomic E-state index is -0.752. The first-order chi connectivity index (χ1) is 6.13. The van der Waals surface area contributed by atoms with Gasteiger partial charge >= 0.3 is 5.97 Å². The molecule has 0 spiro atoms. The fraction of sp³-hybridized carbons (Fsp3) is 0.889. The molecule has 2 atom stereocenters. The Labute approximate surface area is 77.8 Å². The van der Waals surface area contributed by atoms with E-state index in [1.807, 2.05) is 6.92 Å². The molecule has 4 heteroatoms. The smallest absolute Gasteiger partial charge is 0.306 e. The van der Waals surface area contributed by atoms with Gasteiger partial charge in [0.05, 0.1) is 19.1 Å². The molecule has 2 unspecified atom stereocenters. The molecule has 0 aromatic carbocycles. The van der Waals surface area contributed by atoms with Gasteiger partial charge in [-0.3, -0.25) is 4.79 Å². The first-order valence-electron chi connectivity index (χ1n) is 4.51. The second kappa shape index (κ2) is 4.58. The summed E-state index contributed by atoms with van der Waals surface area (Å²) in [5.41, 5.74) is 0. The Morgan fingerprint density at radius 2 is 1.92 bits per heavy atom. The van der Waals surface area contributed by atoms with Crippen LogP contribution in [0.1, 0.15) is 13.8 Å². The SMILES string of the molecule is CC(C(=O)O)C(C)C1COCOC1. The van der Waals surface area contributed by atoms with Crippen molar-refractivity contribution in [1.29, 1.82) is 0 Å². The summed E-state index contributed by atoms with van der Waals surface area (Å²) < 4.78 is 10.2. The van der Waals surface area contributed by atoms with E-state index in [0.717, 1.165) is 0 Å². The molecule has 0 saturated carbocycles. The van der Waals surface area contributed by atoms with Gasteiger partial charge in [-0.15, -0.1) is 0 Å². The van der Waals surface area contributed by atoms with Crippen LogP contribution in [-0.2, 0) is 14.3 Å². The van der Waals surface area contributed by atoms with E-state index < -0.39 is 5.97 Å².